The molecule has 0 spiro atoms. The van der Waals surface area contributed by atoms with Crippen LogP contribution in [0.25, 0.3) is 0 Å². The third-order valence-corrected chi connectivity index (χ3v) is 2.30. The van der Waals surface area contributed by atoms with Gasteiger partial charge in [0.05, 0.1) is 4.92 Å². The third kappa shape index (κ3) is 3.75. The highest BCUT2D eigenvalue weighted by Crippen LogP contribution is 2.27. The fourth-order valence-corrected chi connectivity index (χ4v) is 1.51. The maximum Gasteiger partial charge on any atom is 0.303 e. The van der Waals surface area contributed by atoms with Crippen LogP contribution in [0.4, 0.5) is 11.4 Å². The molecule has 0 aliphatic rings. The average molecular weight is 238 g/mol. The molecule has 6 heteroatoms. The zero-order valence-corrected chi connectivity index (χ0v) is 9.47. The maximum absolute atomic E-state index is 10.9. The Morgan fingerprint density at radius 1 is 1.53 bits per heavy atom. The number of anilines is 1. The van der Waals surface area contributed by atoms with E-state index in [1.807, 2.05) is 0 Å². The summed E-state index contributed by atoms with van der Waals surface area (Å²) in [5.74, 6) is -0.870. The second kappa shape index (κ2) is 5.83. The van der Waals surface area contributed by atoms with Crippen molar-refractivity contribution in [3.63, 3.8) is 0 Å². The molecule has 0 amide bonds. The predicted octanol–water partition coefficient (Wildman–Crippen LogP) is 2.18. The van der Waals surface area contributed by atoms with E-state index in [0.29, 0.717) is 24.2 Å². The summed E-state index contributed by atoms with van der Waals surface area (Å²) in [6.07, 6.45) is 0.479. The van der Waals surface area contributed by atoms with E-state index in [9.17, 15) is 14.9 Å². The van der Waals surface area contributed by atoms with Gasteiger partial charge in [0.2, 0.25) is 0 Å². The van der Waals surface area contributed by atoms with Gasteiger partial charge in [-0.05, 0) is 19.4 Å². The lowest BCUT2D eigenvalue weighted by molar-refractivity contribution is -0.384. The van der Waals surface area contributed by atoms with Crippen molar-refractivity contribution >= 4 is 17.3 Å². The summed E-state index contributed by atoms with van der Waals surface area (Å²) < 4.78 is 0. The molecule has 0 aromatic heterocycles. The summed E-state index contributed by atoms with van der Waals surface area (Å²) in [5, 5.41) is 22.2. The first kappa shape index (κ1) is 13.0. The van der Waals surface area contributed by atoms with Crippen LogP contribution in [-0.2, 0) is 4.79 Å². The number of nitrogens with zero attached hydrogens (tertiary/aromatic N) is 1. The van der Waals surface area contributed by atoms with Crippen molar-refractivity contribution in [2.24, 2.45) is 0 Å². The molecule has 6 nitrogen and oxygen atoms in total. The Balaban J connectivity index is 2.67. The molecular formula is C11H14N2O4. The smallest absolute Gasteiger partial charge is 0.303 e. The van der Waals surface area contributed by atoms with Crippen molar-refractivity contribution < 1.29 is 14.8 Å². The monoisotopic (exact) mass is 238 g/mol. The number of hydrogen-bond acceptors (Lipinski definition) is 4. The topological polar surface area (TPSA) is 92.5 Å². The molecule has 0 radical (unpaired) electrons. The number of hydrogen-bond donors (Lipinski definition) is 2. The lowest BCUT2D eigenvalue weighted by Gasteiger charge is -2.07. The van der Waals surface area contributed by atoms with Crippen LogP contribution in [0.15, 0.2) is 18.2 Å². The molecular weight excluding hydrogens is 224 g/mol. The van der Waals surface area contributed by atoms with Crippen molar-refractivity contribution in [1.29, 1.82) is 0 Å². The number of nitro groups is 1. The standard InChI is InChI=1S/C11H14N2O4/c1-8-4-2-5-9(11(8)13(16)17)12-7-3-6-10(14)15/h2,4-5,12H,3,6-7H2,1H3,(H,14,15). The van der Waals surface area contributed by atoms with Crippen LogP contribution in [0.3, 0.4) is 0 Å². The Morgan fingerprint density at radius 3 is 2.82 bits per heavy atom. The SMILES string of the molecule is Cc1cccc(NCCCC(=O)O)c1[N+](=O)[O-]. The first-order valence-electron chi connectivity index (χ1n) is 5.22. The van der Waals surface area contributed by atoms with Gasteiger partial charge in [-0.15, -0.1) is 0 Å². The van der Waals surface area contributed by atoms with E-state index in [1.165, 1.54) is 0 Å². The molecule has 0 bridgehead atoms. The molecule has 17 heavy (non-hydrogen) atoms. The molecule has 0 aliphatic carbocycles. The average Bonchev–Trinajstić information content (AvgIpc) is 2.23. The van der Waals surface area contributed by atoms with E-state index >= 15 is 0 Å². The van der Waals surface area contributed by atoms with Gasteiger partial charge in [0.15, 0.2) is 0 Å². The molecule has 1 rings (SSSR count). The number of carboxylic acid groups (broad SMARTS) is 1. The van der Waals surface area contributed by atoms with E-state index in [2.05, 4.69) is 5.32 Å². The van der Waals surface area contributed by atoms with E-state index in [4.69, 9.17) is 5.11 Å². The molecule has 0 saturated heterocycles. The summed E-state index contributed by atoms with van der Waals surface area (Å²) in [7, 11) is 0. The summed E-state index contributed by atoms with van der Waals surface area (Å²) in [4.78, 5) is 20.7. The summed E-state index contributed by atoms with van der Waals surface area (Å²) in [6.45, 7) is 2.07. The molecule has 0 atom stereocenters. The summed E-state index contributed by atoms with van der Waals surface area (Å²) >= 11 is 0. The second-order valence-electron chi connectivity index (χ2n) is 3.65. The van der Waals surface area contributed by atoms with Gasteiger partial charge in [0.25, 0.3) is 5.69 Å². The molecule has 0 unspecified atom stereocenters. The highest BCUT2D eigenvalue weighted by molar-refractivity contribution is 5.67. The van der Waals surface area contributed by atoms with Crippen LogP contribution >= 0.6 is 0 Å². The van der Waals surface area contributed by atoms with Gasteiger partial charge in [-0.1, -0.05) is 12.1 Å². The van der Waals surface area contributed by atoms with Crippen molar-refractivity contribution in [3.8, 4) is 0 Å². The van der Waals surface area contributed by atoms with Crippen molar-refractivity contribution in [3.05, 3.63) is 33.9 Å². The molecule has 1 aromatic carbocycles. The van der Waals surface area contributed by atoms with Gasteiger partial charge in [-0.3, -0.25) is 14.9 Å². The molecule has 0 fully saturated rings. The number of para-hydroxylation sites is 1. The highest BCUT2D eigenvalue weighted by Gasteiger charge is 2.15. The molecule has 0 heterocycles. The lowest BCUT2D eigenvalue weighted by atomic mass is 10.1. The third-order valence-electron chi connectivity index (χ3n) is 2.30. The molecule has 0 aliphatic heterocycles. The van der Waals surface area contributed by atoms with Gasteiger partial charge in [0, 0.05) is 18.5 Å². The Morgan fingerprint density at radius 2 is 2.24 bits per heavy atom. The van der Waals surface area contributed by atoms with Gasteiger partial charge in [0.1, 0.15) is 5.69 Å². The minimum atomic E-state index is -0.870. The van der Waals surface area contributed by atoms with Crippen molar-refractivity contribution in [1.82, 2.24) is 0 Å². The van der Waals surface area contributed by atoms with E-state index in [-0.39, 0.29) is 12.1 Å². The lowest BCUT2D eigenvalue weighted by Crippen LogP contribution is -2.07. The highest BCUT2D eigenvalue weighted by atomic mass is 16.6. The van der Waals surface area contributed by atoms with Crippen LogP contribution in [0, 0.1) is 17.0 Å². The summed E-state index contributed by atoms with van der Waals surface area (Å²) in [6, 6.07) is 5.01. The molecule has 0 saturated carbocycles. The van der Waals surface area contributed by atoms with Crippen LogP contribution in [0.2, 0.25) is 0 Å². The Kier molecular flexibility index (Phi) is 4.45. The largest absolute Gasteiger partial charge is 0.481 e. The first-order chi connectivity index (χ1) is 8.02. The summed E-state index contributed by atoms with van der Waals surface area (Å²) in [5.41, 5.74) is 1.06. The van der Waals surface area contributed by atoms with Gasteiger partial charge < -0.3 is 10.4 Å². The van der Waals surface area contributed by atoms with Crippen LogP contribution in [0.5, 0.6) is 0 Å². The van der Waals surface area contributed by atoms with Crippen LogP contribution in [-0.4, -0.2) is 22.5 Å². The normalized spacial score (nSPS) is 9.94. The van der Waals surface area contributed by atoms with Crippen LogP contribution < -0.4 is 5.32 Å². The molecule has 2 N–H and O–H groups in total. The Hall–Kier alpha value is -2.11. The Bertz CT molecular complexity index is 431. The quantitative estimate of drug-likeness (QED) is 0.450. The predicted molar refractivity (Wildman–Crippen MR) is 63.2 cm³/mol. The first-order valence-corrected chi connectivity index (χ1v) is 5.22. The number of nitrogens with one attached hydrogen (secondary N) is 1. The van der Waals surface area contributed by atoms with E-state index in [0.717, 1.165) is 0 Å². The number of rotatable bonds is 6. The minimum Gasteiger partial charge on any atom is -0.481 e. The fraction of sp³-hybridized carbons (Fsp3) is 0.364. The van der Waals surface area contributed by atoms with Crippen molar-refractivity contribution in [2.45, 2.75) is 19.8 Å². The fourth-order valence-electron chi connectivity index (χ4n) is 1.51. The Labute approximate surface area is 98.4 Å². The van der Waals surface area contributed by atoms with Gasteiger partial charge >= 0.3 is 5.97 Å². The zero-order valence-electron chi connectivity index (χ0n) is 9.47. The van der Waals surface area contributed by atoms with Crippen molar-refractivity contribution in [2.75, 3.05) is 11.9 Å². The number of carbonyl (C=O) groups is 1. The maximum atomic E-state index is 10.9. The van der Waals surface area contributed by atoms with Crippen LogP contribution in [0.1, 0.15) is 18.4 Å². The number of nitro benzene ring substituents is 1. The van der Waals surface area contributed by atoms with E-state index in [1.54, 1.807) is 25.1 Å². The zero-order chi connectivity index (χ0) is 12.8. The molecule has 92 valence electrons. The molecule has 1 aromatic rings. The van der Waals surface area contributed by atoms with Gasteiger partial charge in [-0.2, -0.15) is 0 Å². The van der Waals surface area contributed by atoms with E-state index < -0.39 is 10.9 Å². The number of carboxylic acids is 1. The number of aliphatic carboxylic acids is 1. The second-order valence-corrected chi connectivity index (χ2v) is 3.65. The minimum absolute atomic E-state index is 0.0443. The number of aryl methyl sites for hydroxylation is 1. The number of benzene rings is 1. The van der Waals surface area contributed by atoms with Gasteiger partial charge in [-0.25, -0.2) is 0 Å².